The summed E-state index contributed by atoms with van der Waals surface area (Å²) in [5.41, 5.74) is 4.16. The fourth-order valence-electron chi connectivity index (χ4n) is 4.70. The van der Waals surface area contributed by atoms with E-state index >= 15 is 0 Å². The van der Waals surface area contributed by atoms with Crippen molar-refractivity contribution in [1.82, 2.24) is 14.8 Å². The van der Waals surface area contributed by atoms with Gasteiger partial charge in [-0.05, 0) is 42.3 Å². The van der Waals surface area contributed by atoms with Crippen LogP contribution in [0.2, 0.25) is 0 Å². The van der Waals surface area contributed by atoms with Crippen LogP contribution in [-0.2, 0) is 6.54 Å². The number of piperazine rings is 1. The summed E-state index contributed by atoms with van der Waals surface area (Å²) in [6.07, 6.45) is -3.17. The minimum absolute atomic E-state index is 0.0586. The van der Waals surface area contributed by atoms with E-state index in [9.17, 15) is 23.1 Å². The number of nitrogens with one attached hydrogen (secondary N) is 1. The molecule has 1 aliphatic heterocycles. The van der Waals surface area contributed by atoms with E-state index in [4.69, 9.17) is 4.74 Å². The number of ether oxygens (including phenoxy) is 1. The highest BCUT2D eigenvalue weighted by molar-refractivity contribution is 5.88. The number of carboxylic acids is 1. The Morgan fingerprint density at radius 2 is 1.94 bits per heavy atom. The van der Waals surface area contributed by atoms with Gasteiger partial charge in [0.1, 0.15) is 5.75 Å². The highest BCUT2D eigenvalue weighted by atomic mass is 19.4. The van der Waals surface area contributed by atoms with Crippen LogP contribution in [0, 0.1) is 6.92 Å². The minimum Gasteiger partial charge on any atom is -0.496 e. The summed E-state index contributed by atoms with van der Waals surface area (Å²) in [5.74, 6) is -0.248. The first-order valence-electron chi connectivity index (χ1n) is 11.2. The third-order valence-corrected chi connectivity index (χ3v) is 6.52. The molecular weight excluding hydrogens is 447 g/mol. The Hall–Kier alpha value is -3.04. The molecule has 0 saturated carbocycles. The molecule has 182 valence electrons. The molecule has 1 atom stereocenters. The number of H-pyrrole nitrogens is 1. The molecule has 4 rings (SSSR count). The summed E-state index contributed by atoms with van der Waals surface area (Å²) in [5, 5.41) is 10.3. The molecule has 2 N–H and O–H groups in total. The summed E-state index contributed by atoms with van der Waals surface area (Å²) in [6, 6.07) is 10.4. The number of aromatic nitrogens is 1. The van der Waals surface area contributed by atoms with Gasteiger partial charge in [0, 0.05) is 61.4 Å². The van der Waals surface area contributed by atoms with Crippen molar-refractivity contribution in [3.63, 3.8) is 0 Å². The van der Waals surface area contributed by atoms with Crippen LogP contribution in [0.15, 0.2) is 42.6 Å². The number of aromatic amines is 1. The second-order valence-corrected chi connectivity index (χ2v) is 8.72. The van der Waals surface area contributed by atoms with Crippen LogP contribution in [0.4, 0.5) is 13.2 Å². The Bertz CT molecular complexity index is 1160. The van der Waals surface area contributed by atoms with E-state index in [1.165, 1.54) is 0 Å². The van der Waals surface area contributed by atoms with E-state index in [1.807, 2.05) is 30.2 Å². The van der Waals surface area contributed by atoms with Crippen LogP contribution in [0.3, 0.4) is 0 Å². The van der Waals surface area contributed by atoms with E-state index in [0.29, 0.717) is 26.2 Å². The van der Waals surface area contributed by atoms with Crippen molar-refractivity contribution >= 4 is 16.9 Å². The number of carbonyl (C=O) groups is 1. The minimum atomic E-state index is -4.20. The predicted molar refractivity (Wildman–Crippen MR) is 123 cm³/mol. The average Bonchev–Trinajstić information content (AvgIpc) is 3.30. The number of aryl methyl sites for hydroxylation is 1. The number of hydrogen-bond donors (Lipinski definition) is 2. The molecule has 6 nitrogen and oxygen atoms in total. The van der Waals surface area contributed by atoms with Crippen molar-refractivity contribution in [3.8, 4) is 5.75 Å². The van der Waals surface area contributed by atoms with Gasteiger partial charge in [0.05, 0.1) is 19.1 Å². The average molecular weight is 476 g/mol. The van der Waals surface area contributed by atoms with Crippen LogP contribution >= 0.6 is 0 Å². The largest absolute Gasteiger partial charge is 0.496 e. The van der Waals surface area contributed by atoms with E-state index in [0.717, 1.165) is 33.3 Å². The molecule has 3 aromatic rings. The maximum Gasteiger partial charge on any atom is 0.390 e. The normalized spacial score (nSPS) is 17.9. The van der Waals surface area contributed by atoms with E-state index in [1.54, 1.807) is 31.4 Å². The molecule has 0 spiro atoms. The molecular formula is C25H28F3N3O3. The lowest BCUT2D eigenvalue weighted by atomic mass is 9.98. The van der Waals surface area contributed by atoms with Crippen molar-refractivity contribution in [2.45, 2.75) is 32.1 Å². The Morgan fingerprint density at radius 1 is 1.21 bits per heavy atom. The summed E-state index contributed by atoms with van der Waals surface area (Å²) < 4.78 is 44.2. The topological polar surface area (TPSA) is 68.8 Å². The summed E-state index contributed by atoms with van der Waals surface area (Å²) >= 11 is 0. The van der Waals surface area contributed by atoms with E-state index in [-0.39, 0.29) is 18.2 Å². The van der Waals surface area contributed by atoms with Crippen molar-refractivity contribution in [2.24, 2.45) is 0 Å². The smallest absolute Gasteiger partial charge is 0.390 e. The van der Waals surface area contributed by atoms with Crippen molar-refractivity contribution in [3.05, 3.63) is 64.8 Å². The fraction of sp³-hybridized carbons (Fsp3) is 0.400. The summed E-state index contributed by atoms with van der Waals surface area (Å²) in [7, 11) is 1.63. The number of benzene rings is 2. The van der Waals surface area contributed by atoms with Gasteiger partial charge in [-0.3, -0.25) is 9.80 Å². The van der Waals surface area contributed by atoms with Crippen molar-refractivity contribution in [2.75, 3.05) is 33.3 Å². The number of aromatic carboxylic acids is 1. The number of hydrogen-bond acceptors (Lipinski definition) is 4. The Morgan fingerprint density at radius 3 is 2.59 bits per heavy atom. The number of carboxylic acid groups (broad SMARTS) is 1. The van der Waals surface area contributed by atoms with Crippen LogP contribution in [0.1, 0.15) is 39.5 Å². The SMILES string of the molecule is COc1cc(C)c2[nH]ccc2c1CN1CCN(CCC(F)(F)F)C[C@H]1c1ccc(C(=O)O)cc1. The molecule has 0 radical (unpaired) electrons. The third-order valence-electron chi connectivity index (χ3n) is 6.52. The first-order chi connectivity index (χ1) is 16.2. The number of alkyl halides is 3. The Balaban J connectivity index is 1.65. The van der Waals surface area contributed by atoms with Gasteiger partial charge in [0.15, 0.2) is 0 Å². The monoisotopic (exact) mass is 475 g/mol. The quantitative estimate of drug-likeness (QED) is 0.504. The van der Waals surface area contributed by atoms with E-state index < -0.39 is 18.6 Å². The standard InChI is InChI=1S/C25H28F3N3O3/c1-16-13-22(34-2)20(19-7-9-29-23(16)19)14-31-12-11-30(10-8-25(26,27)28)15-21(31)17-3-5-18(6-4-17)24(32)33/h3-7,9,13,21,29H,8,10-12,14-15H2,1-2H3,(H,32,33)/t21-/m0/s1. The summed E-state index contributed by atoms with van der Waals surface area (Å²) in [6.45, 7) is 4.02. The lowest BCUT2D eigenvalue weighted by Crippen LogP contribution is -2.48. The van der Waals surface area contributed by atoms with Gasteiger partial charge >= 0.3 is 12.1 Å². The molecule has 1 saturated heterocycles. The molecule has 0 unspecified atom stereocenters. The number of nitrogens with zero attached hydrogens (tertiary/aromatic N) is 2. The maximum atomic E-state index is 12.8. The van der Waals surface area contributed by atoms with Crippen LogP contribution in [0.25, 0.3) is 10.9 Å². The van der Waals surface area contributed by atoms with Crippen LogP contribution in [0.5, 0.6) is 5.75 Å². The molecule has 2 aromatic carbocycles. The highest BCUT2D eigenvalue weighted by Gasteiger charge is 2.33. The first kappa shape index (κ1) is 24.1. The summed E-state index contributed by atoms with van der Waals surface area (Å²) in [4.78, 5) is 18.6. The second-order valence-electron chi connectivity index (χ2n) is 8.72. The lowest BCUT2D eigenvalue weighted by molar-refractivity contribution is -0.139. The fourth-order valence-corrected chi connectivity index (χ4v) is 4.70. The zero-order chi connectivity index (χ0) is 24.5. The maximum absolute atomic E-state index is 12.8. The Kier molecular flexibility index (Phi) is 6.86. The van der Waals surface area contributed by atoms with Gasteiger partial charge in [0.2, 0.25) is 0 Å². The number of halogens is 3. The van der Waals surface area contributed by atoms with Gasteiger partial charge in [-0.15, -0.1) is 0 Å². The predicted octanol–water partition coefficient (Wildman–Crippen LogP) is 4.99. The number of rotatable bonds is 7. The van der Waals surface area contributed by atoms with Gasteiger partial charge in [0.25, 0.3) is 0 Å². The van der Waals surface area contributed by atoms with Crippen molar-refractivity contribution < 1.29 is 27.8 Å². The first-order valence-corrected chi connectivity index (χ1v) is 11.2. The molecule has 0 bridgehead atoms. The molecule has 1 aromatic heterocycles. The second kappa shape index (κ2) is 9.68. The molecule has 9 heteroatoms. The van der Waals surface area contributed by atoms with Gasteiger partial charge < -0.3 is 14.8 Å². The number of fused-ring (bicyclic) bond motifs is 1. The van der Waals surface area contributed by atoms with Gasteiger partial charge in [-0.25, -0.2) is 4.79 Å². The van der Waals surface area contributed by atoms with Gasteiger partial charge in [-0.2, -0.15) is 13.2 Å². The highest BCUT2D eigenvalue weighted by Crippen LogP contribution is 2.35. The number of methoxy groups -OCH3 is 1. The molecule has 0 aliphatic carbocycles. The van der Waals surface area contributed by atoms with Crippen LogP contribution < -0.4 is 4.74 Å². The molecule has 34 heavy (non-hydrogen) atoms. The molecule has 1 fully saturated rings. The molecule has 1 aliphatic rings. The van der Waals surface area contributed by atoms with Crippen LogP contribution in [-0.4, -0.2) is 65.3 Å². The zero-order valence-electron chi connectivity index (χ0n) is 19.2. The Labute approximate surface area is 195 Å². The molecule has 0 amide bonds. The third kappa shape index (κ3) is 5.20. The zero-order valence-corrected chi connectivity index (χ0v) is 19.2. The van der Waals surface area contributed by atoms with E-state index in [2.05, 4.69) is 9.88 Å². The molecule has 2 heterocycles. The van der Waals surface area contributed by atoms with Crippen molar-refractivity contribution in [1.29, 1.82) is 0 Å². The van der Waals surface area contributed by atoms with Gasteiger partial charge in [-0.1, -0.05) is 12.1 Å². The lowest BCUT2D eigenvalue weighted by Gasteiger charge is -2.42.